The fraction of sp³-hybridized carbons (Fsp3) is 0. The molecule has 4 aromatic heterocycles. The molecule has 0 radical (unpaired) electrons. The number of nitriles is 1. The van der Waals surface area contributed by atoms with Crippen LogP contribution < -0.4 is 0 Å². The second-order valence-corrected chi connectivity index (χ2v) is 14.5. The highest BCUT2D eigenvalue weighted by Gasteiger charge is 2.21. The van der Waals surface area contributed by atoms with E-state index >= 15 is 0 Å². The van der Waals surface area contributed by atoms with E-state index in [1.54, 1.807) is 22.7 Å². The molecule has 242 valence electrons. The summed E-state index contributed by atoms with van der Waals surface area (Å²) in [5, 5.41) is 13.4. The first-order chi connectivity index (χ1) is 25.7. The van der Waals surface area contributed by atoms with Crippen molar-refractivity contribution < 1.29 is 0 Å². The zero-order chi connectivity index (χ0) is 34.6. The summed E-state index contributed by atoms with van der Waals surface area (Å²) < 4.78 is 4.43. The van der Waals surface area contributed by atoms with Crippen LogP contribution in [0.4, 0.5) is 0 Å². The number of nitrogens with zero attached hydrogens (tertiary/aromatic N) is 6. The van der Waals surface area contributed by atoms with E-state index in [2.05, 4.69) is 60.7 Å². The molecule has 10 rings (SSSR count). The summed E-state index contributed by atoms with van der Waals surface area (Å²) in [6.45, 7) is 0. The maximum Gasteiger partial charge on any atom is 0.164 e. The molecule has 6 nitrogen and oxygen atoms in total. The van der Waals surface area contributed by atoms with Crippen LogP contribution in [0.3, 0.4) is 0 Å². The third-order valence-electron chi connectivity index (χ3n) is 9.22. The highest BCUT2D eigenvalue weighted by Crippen LogP contribution is 2.45. The third-order valence-corrected chi connectivity index (χ3v) is 11.6. The lowest BCUT2D eigenvalue weighted by Gasteiger charge is -2.09. The summed E-state index contributed by atoms with van der Waals surface area (Å²) in [5.74, 6) is 2.43. The van der Waals surface area contributed by atoms with E-state index in [9.17, 15) is 5.26 Å². The molecule has 0 aliphatic heterocycles. The molecule has 0 atom stereocenters. The van der Waals surface area contributed by atoms with E-state index in [1.807, 2.05) is 91.0 Å². The summed E-state index contributed by atoms with van der Waals surface area (Å²) in [6.07, 6.45) is 0. The molecule has 0 aliphatic rings. The van der Waals surface area contributed by atoms with Crippen LogP contribution in [0.15, 0.2) is 146 Å². The number of aromatic nitrogens is 5. The van der Waals surface area contributed by atoms with Gasteiger partial charge in [-0.05, 0) is 24.3 Å². The largest absolute Gasteiger partial charge is 0.226 e. The van der Waals surface area contributed by atoms with Gasteiger partial charge in [0.05, 0.1) is 27.5 Å². The molecule has 0 unspecified atom stereocenters. The molecule has 6 aromatic carbocycles. The molecule has 0 N–H and O–H groups in total. The fourth-order valence-corrected chi connectivity index (χ4v) is 9.13. The van der Waals surface area contributed by atoms with E-state index in [1.165, 1.54) is 0 Å². The van der Waals surface area contributed by atoms with Gasteiger partial charge in [-0.25, -0.2) is 24.9 Å². The molecule has 0 aliphatic carbocycles. The molecule has 8 heteroatoms. The van der Waals surface area contributed by atoms with Crippen LogP contribution in [0, 0.1) is 11.3 Å². The minimum atomic E-state index is 0.543. The molecular formula is C44H24N6S2. The normalized spacial score (nSPS) is 11.4. The Morgan fingerprint density at radius 1 is 0.423 bits per heavy atom. The van der Waals surface area contributed by atoms with Gasteiger partial charge in [-0.2, -0.15) is 5.26 Å². The minimum absolute atomic E-state index is 0.543. The van der Waals surface area contributed by atoms with Crippen LogP contribution in [-0.4, -0.2) is 24.9 Å². The molecule has 0 amide bonds. The maximum atomic E-state index is 9.97. The topological polar surface area (TPSA) is 88.2 Å². The fourth-order valence-electron chi connectivity index (χ4n) is 6.73. The van der Waals surface area contributed by atoms with E-state index < -0.39 is 0 Å². The van der Waals surface area contributed by atoms with Gasteiger partial charge in [0, 0.05) is 58.1 Å². The van der Waals surface area contributed by atoms with Crippen molar-refractivity contribution in [3.8, 4) is 62.9 Å². The first-order valence-electron chi connectivity index (χ1n) is 16.7. The van der Waals surface area contributed by atoms with Crippen molar-refractivity contribution in [1.82, 2.24) is 24.9 Å². The van der Waals surface area contributed by atoms with Crippen molar-refractivity contribution >= 4 is 63.1 Å². The van der Waals surface area contributed by atoms with Gasteiger partial charge in [-0.15, -0.1) is 22.7 Å². The average Bonchev–Trinajstić information content (AvgIpc) is 3.79. The predicted octanol–water partition coefficient (Wildman–Crippen LogP) is 11.6. The van der Waals surface area contributed by atoms with Crippen molar-refractivity contribution in [2.75, 3.05) is 0 Å². The molecule has 0 saturated heterocycles. The van der Waals surface area contributed by atoms with E-state index in [0.717, 1.165) is 74.0 Å². The van der Waals surface area contributed by atoms with E-state index in [-0.39, 0.29) is 0 Å². The van der Waals surface area contributed by atoms with Gasteiger partial charge in [0.15, 0.2) is 23.3 Å². The Labute approximate surface area is 306 Å². The molecule has 52 heavy (non-hydrogen) atoms. The maximum absolute atomic E-state index is 9.97. The zero-order valence-corrected chi connectivity index (χ0v) is 29.0. The van der Waals surface area contributed by atoms with Crippen molar-refractivity contribution in [1.29, 1.82) is 5.26 Å². The van der Waals surface area contributed by atoms with Gasteiger partial charge in [0.2, 0.25) is 0 Å². The van der Waals surface area contributed by atoms with Crippen molar-refractivity contribution in [2.45, 2.75) is 0 Å². The molecular weight excluding hydrogens is 677 g/mol. The third kappa shape index (κ3) is 5.03. The Kier molecular flexibility index (Phi) is 7.13. The summed E-state index contributed by atoms with van der Waals surface area (Å²) in [6, 6.07) is 51.2. The Bertz CT molecular complexity index is 2980. The second kappa shape index (κ2) is 12.3. The lowest BCUT2D eigenvalue weighted by Crippen LogP contribution is -1.99. The Morgan fingerprint density at radius 3 is 1.79 bits per heavy atom. The predicted molar refractivity (Wildman–Crippen MR) is 213 cm³/mol. The average molecular weight is 701 g/mol. The standard InChI is InChI=1S/C44H24N6S2/c45-25-29-16-7-8-17-30(29)44-46-37-33-18-9-10-21-35(33)51-40(37)38(47-44)34-20-11-19-32-31-23-22-28(24-36(31)52-39(32)34)43-49-41(26-12-3-1-4-13-26)48-42(50-43)27-14-5-2-6-15-27/h1-24H. The van der Waals surface area contributed by atoms with Crippen molar-refractivity contribution in [2.24, 2.45) is 0 Å². The van der Waals surface area contributed by atoms with Crippen LogP contribution in [0.5, 0.6) is 0 Å². The summed E-state index contributed by atoms with van der Waals surface area (Å²) in [4.78, 5) is 25.1. The van der Waals surface area contributed by atoms with Crippen molar-refractivity contribution in [3.63, 3.8) is 0 Å². The number of fused-ring (bicyclic) bond motifs is 6. The number of rotatable bonds is 5. The van der Waals surface area contributed by atoms with Gasteiger partial charge in [-0.1, -0.05) is 121 Å². The lowest BCUT2D eigenvalue weighted by atomic mass is 10.0. The quantitative estimate of drug-likeness (QED) is 0.178. The Morgan fingerprint density at radius 2 is 1.04 bits per heavy atom. The zero-order valence-electron chi connectivity index (χ0n) is 27.4. The molecule has 0 bridgehead atoms. The highest BCUT2D eigenvalue weighted by atomic mass is 32.1. The molecule has 0 spiro atoms. The summed E-state index contributed by atoms with van der Waals surface area (Å²) >= 11 is 3.44. The Hall–Kier alpha value is -6.66. The monoisotopic (exact) mass is 700 g/mol. The second-order valence-electron chi connectivity index (χ2n) is 12.4. The smallest absolute Gasteiger partial charge is 0.164 e. The van der Waals surface area contributed by atoms with Crippen LogP contribution in [0.1, 0.15) is 5.56 Å². The van der Waals surface area contributed by atoms with Gasteiger partial charge in [0.1, 0.15) is 0 Å². The van der Waals surface area contributed by atoms with E-state index in [0.29, 0.717) is 28.9 Å². The van der Waals surface area contributed by atoms with Gasteiger partial charge in [-0.3, -0.25) is 0 Å². The molecule has 0 saturated carbocycles. The number of hydrogen-bond donors (Lipinski definition) is 0. The van der Waals surface area contributed by atoms with Gasteiger partial charge < -0.3 is 0 Å². The molecule has 4 heterocycles. The van der Waals surface area contributed by atoms with Crippen molar-refractivity contribution in [3.05, 3.63) is 151 Å². The molecule has 0 fully saturated rings. The van der Waals surface area contributed by atoms with Crippen LogP contribution in [0.2, 0.25) is 0 Å². The number of benzene rings is 6. The highest BCUT2D eigenvalue weighted by molar-refractivity contribution is 7.27. The first-order valence-corrected chi connectivity index (χ1v) is 18.4. The number of hydrogen-bond acceptors (Lipinski definition) is 8. The van der Waals surface area contributed by atoms with E-state index in [4.69, 9.17) is 24.9 Å². The van der Waals surface area contributed by atoms with Gasteiger partial charge >= 0.3 is 0 Å². The number of thiophene rings is 2. The minimum Gasteiger partial charge on any atom is -0.226 e. The van der Waals surface area contributed by atoms with Gasteiger partial charge in [0.25, 0.3) is 0 Å². The summed E-state index contributed by atoms with van der Waals surface area (Å²) in [7, 11) is 0. The Balaban J connectivity index is 1.18. The van der Waals surface area contributed by atoms with Crippen LogP contribution >= 0.6 is 22.7 Å². The summed E-state index contributed by atoms with van der Waals surface area (Å²) in [5.41, 5.74) is 6.85. The van der Waals surface area contributed by atoms with Crippen LogP contribution in [-0.2, 0) is 0 Å². The lowest BCUT2D eigenvalue weighted by molar-refractivity contribution is 1.07. The van der Waals surface area contributed by atoms with Crippen LogP contribution in [0.25, 0.3) is 97.3 Å². The SMILES string of the molecule is N#Cc1ccccc1-c1nc(-c2cccc3c2sc2cc(-c4nc(-c5ccccc5)nc(-c5ccccc5)n4)ccc23)c2sc3ccccc3c2n1. The first kappa shape index (κ1) is 30.2. The molecule has 10 aromatic rings.